The molecule has 0 unspecified atom stereocenters. The fourth-order valence-corrected chi connectivity index (χ4v) is 3.54. The van der Waals surface area contributed by atoms with Crippen LogP contribution < -0.4 is 19.7 Å². The maximum Gasteiger partial charge on any atom is 0.252 e. The number of ether oxygens (including phenoxy) is 2. The highest BCUT2D eigenvalue weighted by Gasteiger charge is 2.17. The van der Waals surface area contributed by atoms with E-state index < -0.39 is 0 Å². The normalized spacial score (nSPS) is 15.8. The van der Waals surface area contributed by atoms with Crippen molar-refractivity contribution in [3.8, 4) is 11.5 Å². The minimum absolute atomic E-state index is 0.0971. The molecule has 5 heteroatoms. The van der Waals surface area contributed by atoms with Crippen molar-refractivity contribution in [2.45, 2.75) is 32.7 Å². The molecular weight excluding hydrogens is 352 g/mol. The van der Waals surface area contributed by atoms with Gasteiger partial charge in [0.05, 0.1) is 20.3 Å². The highest BCUT2D eigenvalue weighted by atomic mass is 16.5. The Labute approximate surface area is 167 Å². The first-order valence-corrected chi connectivity index (χ1v) is 9.89. The molecule has 0 spiro atoms. The Morgan fingerprint density at radius 2 is 1.61 bits per heavy atom. The summed E-state index contributed by atoms with van der Waals surface area (Å²) in [5.74, 6) is 1.86. The third-order valence-corrected chi connectivity index (χ3v) is 5.50. The zero-order valence-electron chi connectivity index (χ0n) is 17.2. The molecule has 0 aliphatic carbocycles. The van der Waals surface area contributed by atoms with Crippen molar-refractivity contribution in [3.63, 3.8) is 0 Å². The second kappa shape index (κ2) is 9.00. The van der Waals surface area contributed by atoms with E-state index in [4.69, 9.17) is 9.47 Å². The van der Waals surface area contributed by atoms with Crippen molar-refractivity contribution >= 4 is 11.6 Å². The number of carbonyl (C=O) groups is 1. The number of piperidine rings is 1. The Morgan fingerprint density at radius 1 is 1.04 bits per heavy atom. The van der Waals surface area contributed by atoms with Gasteiger partial charge in [0.2, 0.25) is 0 Å². The van der Waals surface area contributed by atoms with E-state index in [0.29, 0.717) is 17.1 Å². The first kappa shape index (κ1) is 20.1. The summed E-state index contributed by atoms with van der Waals surface area (Å²) in [5.41, 5.74) is 2.85. The summed E-state index contributed by atoms with van der Waals surface area (Å²) in [6.07, 6.45) is 2.50. The van der Waals surface area contributed by atoms with Crippen LogP contribution in [-0.4, -0.2) is 33.2 Å². The number of rotatable bonds is 6. The molecule has 3 rings (SSSR count). The molecule has 0 aromatic heterocycles. The smallest absolute Gasteiger partial charge is 0.252 e. The van der Waals surface area contributed by atoms with Crippen molar-refractivity contribution in [2.24, 2.45) is 5.92 Å². The lowest BCUT2D eigenvalue weighted by molar-refractivity contribution is 0.0939. The predicted octanol–water partition coefficient (Wildman–Crippen LogP) is 4.43. The zero-order valence-corrected chi connectivity index (χ0v) is 17.2. The van der Waals surface area contributed by atoms with E-state index in [1.807, 2.05) is 6.92 Å². The number of hydrogen-bond acceptors (Lipinski definition) is 4. The molecule has 150 valence electrons. The van der Waals surface area contributed by atoms with Gasteiger partial charge in [0, 0.05) is 30.4 Å². The highest BCUT2D eigenvalue weighted by Crippen LogP contribution is 2.26. The van der Waals surface area contributed by atoms with E-state index in [1.165, 1.54) is 18.5 Å². The van der Waals surface area contributed by atoms with Crippen LogP contribution in [0.4, 0.5) is 5.69 Å². The van der Waals surface area contributed by atoms with Gasteiger partial charge in [-0.1, -0.05) is 19.1 Å². The molecule has 28 heavy (non-hydrogen) atoms. The minimum atomic E-state index is -0.154. The number of amides is 1. The lowest BCUT2D eigenvalue weighted by atomic mass is 9.98. The van der Waals surface area contributed by atoms with Crippen molar-refractivity contribution in [1.29, 1.82) is 0 Å². The number of carbonyl (C=O) groups excluding carboxylic acids is 1. The fourth-order valence-electron chi connectivity index (χ4n) is 3.54. The molecule has 0 bridgehead atoms. The second-order valence-corrected chi connectivity index (χ2v) is 7.56. The maximum absolute atomic E-state index is 12.7. The standard InChI is InChI=1S/C23H30N2O3/c1-16-9-11-25(12-10-16)20-7-5-18(6-8-20)17(2)24-23(26)19-13-21(27-3)15-22(14-19)28-4/h5-8,13-17H,9-12H2,1-4H3,(H,24,26)/t17-/m0/s1. The van der Waals surface area contributed by atoms with Gasteiger partial charge in [-0.25, -0.2) is 0 Å². The Bertz CT molecular complexity index is 774. The van der Waals surface area contributed by atoms with E-state index in [2.05, 4.69) is 41.4 Å². The van der Waals surface area contributed by atoms with Crippen LogP contribution in [-0.2, 0) is 0 Å². The fraction of sp³-hybridized carbons (Fsp3) is 0.435. The Kier molecular flexibility index (Phi) is 6.45. The van der Waals surface area contributed by atoms with Crippen molar-refractivity contribution in [3.05, 3.63) is 53.6 Å². The van der Waals surface area contributed by atoms with E-state index in [0.717, 1.165) is 24.6 Å². The lowest BCUT2D eigenvalue weighted by Gasteiger charge is -2.32. The number of nitrogens with one attached hydrogen (secondary N) is 1. The molecule has 5 nitrogen and oxygen atoms in total. The van der Waals surface area contributed by atoms with E-state index >= 15 is 0 Å². The quantitative estimate of drug-likeness (QED) is 0.803. The van der Waals surface area contributed by atoms with Gasteiger partial charge in [0.15, 0.2) is 0 Å². The first-order chi connectivity index (χ1) is 13.5. The minimum Gasteiger partial charge on any atom is -0.497 e. The SMILES string of the molecule is COc1cc(OC)cc(C(=O)N[C@@H](C)c2ccc(N3CCC(C)CC3)cc2)c1. The summed E-state index contributed by atoms with van der Waals surface area (Å²) in [4.78, 5) is 15.1. The molecule has 1 heterocycles. The zero-order chi connectivity index (χ0) is 20.1. The van der Waals surface area contributed by atoms with Crippen LogP contribution in [0.5, 0.6) is 11.5 Å². The molecule has 2 aromatic carbocycles. The first-order valence-electron chi connectivity index (χ1n) is 9.89. The van der Waals surface area contributed by atoms with Crippen LogP contribution in [0.2, 0.25) is 0 Å². The van der Waals surface area contributed by atoms with Crippen LogP contribution >= 0.6 is 0 Å². The molecule has 1 aliphatic rings. The summed E-state index contributed by atoms with van der Waals surface area (Å²) in [6.45, 7) is 6.55. The van der Waals surface area contributed by atoms with Crippen molar-refractivity contribution in [2.75, 3.05) is 32.2 Å². The molecule has 1 aliphatic heterocycles. The van der Waals surface area contributed by atoms with Crippen molar-refractivity contribution in [1.82, 2.24) is 5.32 Å². The van der Waals surface area contributed by atoms with E-state index in [-0.39, 0.29) is 11.9 Å². The van der Waals surface area contributed by atoms with Gasteiger partial charge in [-0.15, -0.1) is 0 Å². The summed E-state index contributed by atoms with van der Waals surface area (Å²) < 4.78 is 10.5. The van der Waals surface area contributed by atoms with Gasteiger partial charge in [-0.2, -0.15) is 0 Å². The van der Waals surface area contributed by atoms with Crippen molar-refractivity contribution < 1.29 is 14.3 Å². The molecule has 1 fully saturated rings. The number of benzene rings is 2. The number of methoxy groups -OCH3 is 2. The van der Waals surface area contributed by atoms with Crippen LogP contribution in [0.1, 0.15) is 48.7 Å². The average Bonchev–Trinajstić information content (AvgIpc) is 2.73. The van der Waals surface area contributed by atoms with Crippen LogP contribution in [0, 0.1) is 5.92 Å². The summed E-state index contributed by atoms with van der Waals surface area (Å²) in [7, 11) is 3.15. The van der Waals surface area contributed by atoms with Gasteiger partial charge >= 0.3 is 0 Å². The Morgan fingerprint density at radius 3 is 2.14 bits per heavy atom. The third-order valence-electron chi connectivity index (χ3n) is 5.50. The molecular formula is C23H30N2O3. The monoisotopic (exact) mass is 382 g/mol. The summed E-state index contributed by atoms with van der Waals surface area (Å²) >= 11 is 0. The Hall–Kier alpha value is -2.69. The van der Waals surface area contributed by atoms with Crippen LogP contribution in [0.25, 0.3) is 0 Å². The molecule has 1 saturated heterocycles. The van der Waals surface area contributed by atoms with Crippen LogP contribution in [0.3, 0.4) is 0 Å². The highest BCUT2D eigenvalue weighted by molar-refractivity contribution is 5.95. The summed E-state index contributed by atoms with van der Waals surface area (Å²) in [5, 5.41) is 3.06. The van der Waals surface area contributed by atoms with Crippen LogP contribution in [0.15, 0.2) is 42.5 Å². The topological polar surface area (TPSA) is 50.8 Å². The number of nitrogens with zero attached hydrogens (tertiary/aromatic N) is 1. The molecule has 1 amide bonds. The number of anilines is 1. The average molecular weight is 383 g/mol. The number of hydrogen-bond donors (Lipinski definition) is 1. The largest absolute Gasteiger partial charge is 0.497 e. The van der Waals surface area contributed by atoms with Gasteiger partial charge in [0.25, 0.3) is 5.91 Å². The summed E-state index contributed by atoms with van der Waals surface area (Å²) in [6, 6.07) is 13.6. The molecule has 0 saturated carbocycles. The Balaban J connectivity index is 1.66. The van der Waals surface area contributed by atoms with Gasteiger partial charge < -0.3 is 19.7 Å². The van der Waals surface area contributed by atoms with E-state index in [9.17, 15) is 4.79 Å². The molecule has 1 atom stereocenters. The second-order valence-electron chi connectivity index (χ2n) is 7.56. The molecule has 0 radical (unpaired) electrons. The maximum atomic E-state index is 12.7. The third kappa shape index (κ3) is 4.77. The van der Waals surface area contributed by atoms with E-state index in [1.54, 1.807) is 32.4 Å². The van der Waals surface area contributed by atoms with Gasteiger partial charge in [0.1, 0.15) is 11.5 Å². The molecule has 1 N–H and O–H groups in total. The van der Waals surface area contributed by atoms with Gasteiger partial charge in [-0.05, 0) is 55.5 Å². The lowest BCUT2D eigenvalue weighted by Crippen LogP contribution is -2.32. The predicted molar refractivity (Wildman–Crippen MR) is 112 cm³/mol. The van der Waals surface area contributed by atoms with Gasteiger partial charge in [-0.3, -0.25) is 4.79 Å². The molecule has 2 aromatic rings.